The molecule has 24 heavy (non-hydrogen) atoms. The van der Waals surface area contributed by atoms with E-state index in [-0.39, 0.29) is 5.82 Å². The summed E-state index contributed by atoms with van der Waals surface area (Å²) in [6.07, 6.45) is -1.90. The summed E-state index contributed by atoms with van der Waals surface area (Å²) in [6.45, 7) is 2.48. The first-order chi connectivity index (χ1) is 11.2. The largest absolute Gasteiger partial charge is 0.471 e. The van der Waals surface area contributed by atoms with Gasteiger partial charge in [-0.1, -0.05) is 29.4 Å². The van der Waals surface area contributed by atoms with E-state index in [1.807, 2.05) is 0 Å². The van der Waals surface area contributed by atoms with Crippen LogP contribution in [0, 0.1) is 5.92 Å². The normalized spacial score (nSPS) is 17.7. The van der Waals surface area contributed by atoms with E-state index in [1.54, 1.807) is 30.9 Å². The summed E-state index contributed by atoms with van der Waals surface area (Å²) in [5, 5.41) is 6.47. The highest BCUT2D eigenvalue weighted by Crippen LogP contribution is 2.42. The highest BCUT2D eigenvalue weighted by molar-refractivity contribution is 7.60. The molecule has 0 radical (unpaired) electrons. The molecule has 1 aliphatic rings. The van der Waals surface area contributed by atoms with Crippen LogP contribution in [-0.4, -0.2) is 23.4 Å². The second-order valence-corrected chi connectivity index (χ2v) is 9.02. The lowest BCUT2D eigenvalue weighted by atomic mass is 10.1. The molecule has 9 heteroatoms. The van der Waals surface area contributed by atoms with Crippen molar-refractivity contribution < 1.29 is 22.3 Å². The number of aromatic nitrogens is 2. The summed E-state index contributed by atoms with van der Waals surface area (Å²) in [6, 6.07) is 6.63. The van der Waals surface area contributed by atoms with Crippen molar-refractivity contribution in [3.05, 3.63) is 35.7 Å². The van der Waals surface area contributed by atoms with Gasteiger partial charge in [0.25, 0.3) is 0 Å². The molecule has 1 fully saturated rings. The number of hydrogen-bond donors (Lipinski definition) is 1. The van der Waals surface area contributed by atoms with Crippen LogP contribution in [0.5, 0.6) is 0 Å². The maximum atomic E-state index is 12.5. The molecule has 1 atom stereocenters. The van der Waals surface area contributed by atoms with Gasteiger partial charge in [-0.05, 0) is 24.3 Å². The monoisotopic (exact) mass is 359 g/mol. The van der Waals surface area contributed by atoms with Crippen LogP contribution in [0.4, 0.5) is 13.2 Å². The van der Waals surface area contributed by atoms with Crippen molar-refractivity contribution in [3.8, 4) is 11.4 Å². The predicted octanol–water partition coefficient (Wildman–Crippen LogP) is 4.16. The van der Waals surface area contributed by atoms with Crippen LogP contribution in [-0.2, 0) is 16.9 Å². The fraction of sp³-hybridized carbons (Fsp3) is 0.467. The van der Waals surface area contributed by atoms with E-state index in [4.69, 9.17) is 0 Å². The summed E-state index contributed by atoms with van der Waals surface area (Å²) in [4.78, 5) is 3.34. The van der Waals surface area contributed by atoms with Gasteiger partial charge in [0, 0.05) is 24.9 Å². The molecule has 0 aliphatic heterocycles. The minimum atomic E-state index is -4.66. The summed E-state index contributed by atoms with van der Waals surface area (Å²) >= 11 is 0. The standard InChI is InChI=1S/C15H17F3N3O2P/c1-24(22,19-8-10-2-3-10)9-11-4-6-12(7-5-11)13-20-14(23-21-13)15(16,17)18/h4-7,10H,2-3,8-9H2,1H3,(H,19,22). The van der Waals surface area contributed by atoms with Crippen molar-refractivity contribution >= 4 is 7.29 Å². The fourth-order valence-electron chi connectivity index (χ4n) is 2.26. The van der Waals surface area contributed by atoms with E-state index in [0.717, 1.165) is 12.1 Å². The highest BCUT2D eigenvalue weighted by atomic mass is 31.2. The number of benzene rings is 1. The maximum absolute atomic E-state index is 12.5. The first-order valence-corrected chi connectivity index (χ1v) is 9.89. The molecule has 1 unspecified atom stereocenters. The topological polar surface area (TPSA) is 68.0 Å². The average Bonchev–Trinajstić information content (AvgIpc) is 3.19. The van der Waals surface area contributed by atoms with E-state index >= 15 is 0 Å². The molecule has 0 spiro atoms. The Morgan fingerprint density at radius 1 is 1.29 bits per heavy atom. The zero-order valence-corrected chi connectivity index (χ0v) is 13.9. The number of nitrogens with zero attached hydrogens (tertiary/aromatic N) is 2. The van der Waals surface area contributed by atoms with E-state index in [9.17, 15) is 17.7 Å². The third kappa shape index (κ3) is 4.45. The van der Waals surface area contributed by atoms with Gasteiger partial charge in [0.1, 0.15) is 7.29 Å². The van der Waals surface area contributed by atoms with Crippen molar-refractivity contribution in [2.24, 2.45) is 5.92 Å². The van der Waals surface area contributed by atoms with Crippen LogP contribution >= 0.6 is 7.29 Å². The molecule has 1 aromatic heterocycles. The Balaban J connectivity index is 1.66. The maximum Gasteiger partial charge on any atom is 0.471 e. The number of nitrogens with one attached hydrogen (secondary N) is 1. The highest BCUT2D eigenvalue weighted by Gasteiger charge is 2.38. The van der Waals surface area contributed by atoms with Gasteiger partial charge in [0.05, 0.1) is 0 Å². The van der Waals surface area contributed by atoms with Crippen LogP contribution < -0.4 is 5.09 Å². The van der Waals surface area contributed by atoms with E-state index < -0.39 is 19.4 Å². The van der Waals surface area contributed by atoms with Gasteiger partial charge in [0.2, 0.25) is 5.82 Å². The van der Waals surface area contributed by atoms with Gasteiger partial charge in [-0.15, -0.1) is 0 Å². The van der Waals surface area contributed by atoms with Crippen molar-refractivity contribution in [1.29, 1.82) is 0 Å². The van der Waals surface area contributed by atoms with Crippen LogP contribution in [0.15, 0.2) is 28.8 Å². The molecule has 1 heterocycles. The summed E-state index contributed by atoms with van der Waals surface area (Å²) in [7, 11) is -2.48. The molecule has 1 aliphatic carbocycles. The Morgan fingerprint density at radius 3 is 2.50 bits per heavy atom. The Hall–Kier alpha value is -1.66. The molecule has 1 saturated carbocycles. The lowest BCUT2D eigenvalue weighted by Gasteiger charge is -2.14. The molecule has 0 amide bonds. The number of hydrogen-bond acceptors (Lipinski definition) is 4. The van der Waals surface area contributed by atoms with Gasteiger partial charge in [-0.25, -0.2) is 0 Å². The Kier molecular flexibility index (Phi) is 4.53. The second-order valence-electron chi connectivity index (χ2n) is 6.18. The summed E-state index contributed by atoms with van der Waals surface area (Å²) in [5.74, 6) is -0.856. The smallest absolute Gasteiger partial charge is 0.329 e. The molecular weight excluding hydrogens is 342 g/mol. The Bertz CT molecular complexity index is 754. The van der Waals surface area contributed by atoms with Crippen LogP contribution in [0.1, 0.15) is 24.3 Å². The third-order valence-corrected chi connectivity index (χ3v) is 5.60. The first-order valence-electron chi connectivity index (χ1n) is 7.55. The zero-order chi connectivity index (χ0) is 17.4. The molecule has 5 nitrogen and oxygen atoms in total. The van der Waals surface area contributed by atoms with E-state index in [2.05, 4.69) is 19.8 Å². The number of halogens is 3. The van der Waals surface area contributed by atoms with Gasteiger partial charge >= 0.3 is 12.1 Å². The molecule has 1 aromatic carbocycles. The molecule has 1 N–H and O–H groups in total. The molecule has 0 saturated heterocycles. The molecule has 3 rings (SSSR count). The SMILES string of the molecule is CP(=O)(Cc1ccc(-c2noc(C(F)(F)F)n2)cc1)NCC1CC1. The van der Waals surface area contributed by atoms with Gasteiger partial charge < -0.3 is 9.09 Å². The van der Waals surface area contributed by atoms with Crippen LogP contribution in [0.3, 0.4) is 0 Å². The van der Waals surface area contributed by atoms with Crippen LogP contribution in [0.25, 0.3) is 11.4 Å². The van der Waals surface area contributed by atoms with Crippen molar-refractivity contribution in [2.45, 2.75) is 25.2 Å². The lowest BCUT2D eigenvalue weighted by Crippen LogP contribution is -2.14. The van der Waals surface area contributed by atoms with E-state index in [0.29, 0.717) is 17.6 Å². The molecule has 130 valence electrons. The minimum Gasteiger partial charge on any atom is -0.329 e. The second kappa shape index (κ2) is 6.33. The number of rotatable bonds is 6. The molecular formula is C15H17F3N3O2P. The quantitative estimate of drug-likeness (QED) is 0.785. The van der Waals surface area contributed by atoms with Crippen molar-refractivity contribution in [1.82, 2.24) is 15.2 Å². The van der Waals surface area contributed by atoms with Gasteiger partial charge in [0.15, 0.2) is 0 Å². The Morgan fingerprint density at radius 2 is 1.96 bits per heavy atom. The Labute approximate surface area is 137 Å². The lowest BCUT2D eigenvalue weighted by molar-refractivity contribution is -0.159. The van der Waals surface area contributed by atoms with Gasteiger partial charge in [-0.3, -0.25) is 5.09 Å². The van der Waals surface area contributed by atoms with Gasteiger partial charge in [-0.2, -0.15) is 18.2 Å². The number of alkyl halides is 3. The summed E-state index contributed by atoms with van der Waals surface area (Å²) < 4.78 is 54.1. The summed E-state index contributed by atoms with van der Waals surface area (Å²) in [5.41, 5.74) is 1.25. The molecule has 0 bridgehead atoms. The molecule has 2 aromatic rings. The average molecular weight is 359 g/mol. The van der Waals surface area contributed by atoms with Crippen molar-refractivity contribution in [3.63, 3.8) is 0 Å². The van der Waals surface area contributed by atoms with Crippen LogP contribution in [0.2, 0.25) is 0 Å². The van der Waals surface area contributed by atoms with Crippen molar-refractivity contribution in [2.75, 3.05) is 13.2 Å². The predicted molar refractivity (Wildman–Crippen MR) is 82.7 cm³/mol. The third-order valence-electron chi connectivity index (χ3n) is 3.78. The minimum absolute atomic E-state index is 0.125. The zero-order valence-electron chi connectivity index (χ0n) is 13.0. The van der Waals surface area contributed by atoms with E-state index in [1.165, 1.54) is 12.8 Å². The first kappa shape index (κ1) is 17.2. The fourth-order valence-corrected chi connectivity index (χ4v) is 3.93.